The summed E-state index contributed by atoms with van der Waals surface area (Å²) in [5, 5.41) is 4.35. The Morgan fingerprint density at radius 1 is 1.25 bits per heavy atom. The van der Waals surface area contributed by atoms with E-state index in [-0.39, 0.29) is 0 Å². The van der Waals surface area contributed by atoms with Gasteiger partial charge in [0, 0.05) is 23.9 Å². The Morgan fingerprint density at radius 3 is 2.50 bits per heavy atom. The van der Waals surface area contributed by atoms with Crippen molar-refractivity contribution in [1.29, 1.82) is 0 Å². The molecule has 0 aliphatic carbocycles. The molecule has 0 saturated heterocycles. The molecule has 1 aromatic rings. The first-order chi connectivity index (χ1) is 9.40. The van der Waals surface area contributed by atoms with Gasteiger partial charge in [-0.05, 0) is 5.92 Å². The van der Waals surface area contributed by atoms with Crippen LogP contribution in [0.3, 0.4) is 0 Å². The quantitative estimate of drug-likeness (QED) is 0.708. The Morgan fingerprint density at radius 2 is 1.95 bits per heavy atom. The highest BCUT2D eigenvalue weighted by Gasteiger charge is 2.14. The number of alkyl halides is 2. The van der Waals surface area contributed by atoms with E-state index in [0.29, 0.717) is 25.0 Å². The average Bonchev–Trinajstić information content (AvgIpc) is 2.75. The smallest absolute Gasteiger partial charge is 0.261 e. The van der Waals surface area contributed by atoms with E-state index in [2.05, 4.69) is 38.0 Å². The average molecular weight is 306 g/mol. The molecule has 20 heavy (non-hydrogen) atoms. The summed E-state index contributed by atoms with van der Waals surface area (Å²) >= 11 is 1.65. The number of nitrogens with one attached hydrogen (secondary N) is 1. The number of hydrogen-bond acceptors (Lipinski definition) is 4. The molecule has 0 aliphatic rings. The molecule has 1 aromatic heterocycles. The van der Waals surface area contributed by atoms with Gasteiger partial charge < -0.3 is 10.1 Å². The minimum atomic E-state index is -2.40. The molecule has 0 saturated carbocycles. The van der Waals surface area contributed by atoms with Crippen molar-refractivity contribution in [2.45, 2.75) is 59.0 Å². The van der Waals surface area contributed by atoms with Gasteiger partial charge in [0.25, 0.3) is 6.43 Å². The summed E-state index contributed by atoms with van der Waals surface area (Å²) in [7, 11) is 0. The summed E-state index contributed by atoms with van der Waals surface area (Å²) in [6, 6.07) is 0.426. The molecule has 0 bridgehead atoms. The topological polar surface area (TPSA) is 34.1 Å². The molecule has 6 heteroatoms. The summed E-state index contributed by atoms with van der Waals surface area (Å²) in [6.45, 7) is 9.05. The first-order valence-corrected chi connectivity index (χ1v) is 7.79. The fourth-order valence-corrected chi connectivity index (χ4v) is 2.88. The van der Waals surface area contributed by atoms with E-state index >= 15 is 0 Å². The third-order valence-electron chi connectivity index (χ3n) is 2.69. The number of rotatable bonds is 9. The maximum absolute atomic E-state index is 12.0. The van der Waals surface area contributed by atoms with Gasteiger partial charge in [-0.3, -0.25) is 0 Å². The first kappa shape index (κ1) is 17.5. The highest BCUT2D eigenvalue weighted by molar-refractivity contribution is 7.11. The van der Waals surface area contributed by atoms with Crippen LogP contribution >= 0.6 is 11.3 Å². The summed E-state index contributed by atoms with van der Waals surface area (Å²) < 4.78 is 28.8. The predicted molar refractivity (Wildman–Crippen MR) is 78.7 cm³/mol. The van der Waals surface area contributed by atoms with E-state index in [1.807, 2.05) is 0 Å². The van der Waals surface area contributed by atoms with Gasteiger partial charge in [0.05, 0.1) is 17.3 Å². The van der Waals surface area contributed by atoms with E-state index in [1.165, 1.54) is 4.88 Å². The van der Waals surface area contributed by atoms with Crippen LogP contribution in [0.5, 0.6) is 0 Å². The van der Waals surface area contributed by atoms with Crippen LogP contribution in [0.2, 0.25) is 0 Å². The summed E-state index contributed by atoms with van der Waals surface area (Å²) in [4.78, 5) is 5.85. The largest absolute Gasteiger partial charge is 0.375 e. The Hall–Kier alpha value is -0.590. The number of aromatic nitrogens is 1. The summed E-state index contributed by atoms with van der Waals surface area (Å²) in [5.41, 5.74) is 1.10. The normalized spacial score (nSPS) is 12.1. The third-order valence-corrected chi connectivity index (χ3v) is 3.82. The molecule has 0 radical (unpaired) electrons. The third kappa shape index (κ3) is 6.24. The fraction of sp³-hybridized carbons (Fsp3) is 0.786. The minimum Gasteiger partial charge on any atom is -0.375 e. The van der Waals surface area contributed by atoms with Gasteiger partial charge in [-0.2, -0.15) is 0 Å². The van der Waals surface area contributed by atoms with Gasteiger partial charge in [0.2, 0.25) is 0 Å². The van der Waals surface area contributed by atoms with Crippen molar-refractivity contribution in [2.75, 3.05) is 13.2 Å². The SMILES string of the molecule is CC(C)NCc1sc(CCOCC(F)F)nc1C(C)C. The second-order valence-corrected chi connectivity index (χ2v) is 6.49. The number of thiazole rings is 1. The van der Waals surface area contributed by atoms with Gasteiger partial charge in [-0.1, -0.05) is 27.7 Å². The van der Waals surface area contributed by atoms with Crippen LogP contribution in [-0.2, 0) is 17.7 Å². The zero-order valence-electron chi connectivity index (χ0n) is 12.6. The van der Waals surface area contributed by atoms with Crippen LogP contribution in [0.1, 0.15) is 49.2 Å². The lowest BCUT2D eigenvalue weighted by atomic mass is 10.1. The van der Waals surface area contributed by atoms with E-state index in [4.69, 9.17) is 4.74 Å². The second kappa shape index (κ2) is 8.64. The van der Waals surface area contributed by atoms with Gasteiger partial charge in [-0.15, -0.1) is 11.3 Å². The standard InChI is InChI=1S/C14H24F2N2OS/c1-9(2)14-11(7-17-10(3)4)20-13(18-14)5-6-19-8-12(15)16/h9-10,12,17H,5-8H2,1-4H3. The Bertz CT molecular complexity index is 395. The van der Waals surface area contributed by atoms with Crippen LogP contribution in [-0.4, -0.2) is 30.7 Å². The molecule has 0 amide bonds. The minimum absolute atomic E-state index is 0.298. The Labute approximate surface area is 123 Å². The van der Waals surface area contributed by atoms with Crippen LogP contribution in [0.15, 0.2) is 0 Å². The lowest BCUT2D eigenvalue weighted by Gasteiger charge is -2.09. The number of nitrogens with zero attached hydrogens (tertiary/aromatic N) is 1. The van der Waals surface area contributed by atoms with Crippen LogP contribution < -0.4 is 5.32 Å². The predicted octanol–water partition coefficient (Wildman–Crippen LogP) is 3.59. The van der Waals surface area contributed by atoms with Crippen molar-refractivity contribution in [3.8, 4) is 0 Å². The molecule has 0 aromatic carbocycles. The number of halogens is 2. The van der Waals surface area contributed by atoms with Gasteiger partial charge in [-0.25, -0.2) is 13.8 Å². The zero-order valence-corrected chi connectivity index (χ0v) is 13.4. The molecule has 0 fully saturated rings. The van der Waals surface area contributed by atoms with E-state index in [0.717, 1.165) is 17.2 Å². The van der Waals surface area contributed by atoms with Gasteiger partial charge >= 0.3 is 0 Å². The van der Waals surface area contributed by atoms with Crippen LogP contribution in [0.4, 0.5) is 8.78 Å². The maximum atomic E-state index is 12.0. The lowest BCUT2D eigenvalue weighted by molar-refractivity contribution is 0.0187. The highest BCUT2D eigenvalue weighted by Crippen LogP contribution is 2.25. The van der Waals surface area contributed by atoms with Crippen LogP contribution in [0, 0.1) is 0 Å². The molecule has 1 N–H and O–H groups in total. The molecule has 1 rings (SSSR count). The molecule has 0 unspecified atom stereocenters. The fourth-order valence-electron chi connectivity index (χ4n) is 1.73. The molecule has 0 atom stereocenters. The Balaban J connectivity index is 2.57. The van der Waals surface area contributed by atoms with Crippen molar-refractivity contribution in [1.82, 2.24) is 10.3 Å². The number of hydrogen-bond donors (Lipinski definition) is 1. The van der Waals surface area contributed by atoms with Crippen molar-refractivity contribution in [3.05, 3.63) is 15.6 Å². The van der Waals surface area contributed by atoms with Crippen LogP contribution in [0.25, 0.3) is 0 Å². The molecular weight excluding hydrogens is 282 g/mol. The number of ether oxygens (including phenoxy) is 1. The lowest BCUT2D eigenvalue weighted by Crippen LogP contribution is -2.22. The molecule has 0 aliphatic heterocycles. The molecule has 0 spiro atoms. The molecular formula is C14H24F2N2OS. The highest BCUT2D eigenvalue weighted by atomic mass is 32.1. The molecule has 3 nitrogen and oxygen atoms in total. The monoisotopic (exact) mass is 306 g/mol. The first-order valence-electron chi connectivity index (χ1n) is 6.97. The molecule has 1 heterocycles. The van der Waals surface area contributed by atoms with Crippen molar-refractivity contribution in [2.24, 2.45) is 0 Å². The van der Waals surface area contributed by atoms with E-state index < -0.39 is 13.0 Å². The zero-order chi connectivity index (χ0) is 15.1. The summed E-state index contributed by atoms with van der Waals surface area (Å²) in [6.07, 6.45) is -1.80. The van der Waals surface area contributed by atoms with Gasteiger partial charge in [0.15, 0.2) is 0 Å². The second-order valence-electron chi connectivity index (χ2n) is 5.32. The van der Waals surface area contributed by atoms with Crippen molar-refractivity contribution < 1.29 is 13.5 Å². The Kier molecular flexibility index (Phi) is 7.55. The van der Waals surface area contributed by atoms with Crippen molar-refractivity contribution in [3.63, 3.8) is 0 Å². The maximum Gasteiger partial charge on any atom is 0.261 e. The molecule has 116 valence electrons. The van der Waals surface area contributed by atoms with Gasteiger partial charge in [0.1, 0.15) is 6.61 Å². The van der Waals surface area contributed by atoms with Crippen molar-refractivity contribution >= 4 is 11.3 Å². The van der Waals surface area contributed by atoms with E-state index in [1.54, 1.807) is 11.3 Å². The van der Waals surface area contributed by atoms with E-state index in [9.17, 15) is 8.78 Å². The summed E-state index contributed by atoms with van der Waals surface area (Å²) in [5.74, 6) is 0.367.